The van der Waals surface area contributed by atoms with Crippen LogP contribution in [0.3, 0.4) is 0 Å². The minimum absolute atomic E-state index is 0.0781. The van der Waals surface area contributed by atoms with Gasteiger partial charge in [0.2, 0.25) is 0 Å². The lowest BCUT2D eigenvalue weighted by atomic mass is 10.0. The van der Waals surface area contributed by atoms with Crippen LogP contribution in [0.15, 0.2) is 60.7 Å². The van der Waals surface area contributed by atoms with Crippen molar-refractivity contribution in [3.05, 3.63) is 71.8 Å². The van der Waals surface area contributed by atoms with E-state index < -0.39 is 36.5 Å². The van der Waals surface area contributed by atoms with Crippen molar-refractivity contribution in [1.82, 2.24) is 0 Å². The summed E-state index contributed by atoms with van der Waals surface area (Å²) in [5.74, 6) is -5.46. The van der Waals surface area contributed by atoms with E-state index in [1.807, 2.05) is 0 Å². The molecule has 32 heavy (non-hydrogen) atoms. The molecule has 2 atom stereocenters. The number of methoxy groups -OCH3 is 1. The largest absolute Gasteiger partial charge is 0.459 e. The van der Waals surface area contributed by atoms with Crippen LogP contribution < -0.4 is 0 Å². The van der Waals surface area contributed by atoms with Gasteiger partial charge in [-0.05, 0) is 31.5 Å². The predicted octanol–water partition coefficient (Wildman–Crippen LogP) is 4.21. The Morgan fingerprint density at radius 2 is 1.62 bits per heavy atom. The predicted molar refractivity (Wildman–Crippen MR) is 114 cm³/mol. The fraction of sp³-hybridized carbons (Fsp3) is 0.458. The molecule has 176 valence electrons. The Kier molecular flexibility index (Phi) is 9.71. The molecule has 0 radical (unpaired) electrons. The summed E-state index contributed by atoms with van der Waals surface area (Å²) in [7, 11) is 1.45. The molecule has 0 bridgehead atoms. The van der Waals surface area contributed by atoms with E-state index in [9.17, 15) is 9.90 Å². The molecule has 0 saturated carbocycles. The molecule has 2 aromatic rings. The standard InChI is InChI=1S/C24H30F2O6/c1-23(2,29-3)32-15-14-21(30-16-18-10-6-4-7-11-18)24(25,26)20(27)17-31-22(28)19-12-8-5-9-13-19/h4-13,20-21,27H,14-17H2,1-3H3/t20-,21+/m1/s1. The van der Waals surface area contributed by atoms with Crippen LogP contribution in [0.1, 0.15) is 36.2 Å². The Balaban J connectivity index is 2.03. The lowest BCUT2D eigenvalue weighted by molar-refractivity contribution is -0.228. The van der Waals surface area contributed by atoms with Crippen molar-refractivity contribution < 1.29 is 37.6 Å². The van der Waals surface area contributed by atoms with Crippen molar-refractivity contribution in [2.24, 2.45) is 0 Å². The molecule has 0 heterocycles. The molecule has 0 saturated heterocycles. The van der Waals surface area contributed by atoms with Gasteiger partial charge < -0.3 is 24.1 Å². The van der Waals surface area contributed by atoms with Gasteiger partial charge in [-0.2, -0.15) is 0 Å². The van der Waals surface area contributed by atoms with Gasteiger partial charge in [-0.25, -0.2) is 13.6 Å². The number of ether oxygens (including phenoxy) is 4. The number of hydrogen-bond acceptors (Lipinski definition) is 6. The van der Waals surface area contributed by atoms with Gasteiger partial charge in [-0.3, -0.25) is 0 Å². The Hall–Kier alpha value is -2.39. The van der Waals surface area contributed by atoms with E-state index in [4.69, 9.17) is 18.9 Å². The normalized spacial score (nSPS) is 14.1. The molecule has 8 heteroatoms. The lowest BCUT2D eigenvalue weighted by Crippen LogP contribution is -2.49. The minimum atomic E-state index is -3.70. The molecule has 0 aromatic heterocycles. The third-order valence-corrected chi connectivity index (χ3v) is 4.87. The van der Waals surface area contributed by atoms with Crippen LogP contribution in [0.4, 0.5) is 8.78 Å². The summed E-state index contributed by atoms with van der Waals surface area (Å²) in [4.78, 5) is 12.0. The van der Waals surface area contributed by atoms with Crippen LogP contribution in [0.25, 0.3) is 0 Å². The van der Waals surface area contributed by atoms with Crippen LogP contribution in [0, 0.1) is 0 Å². The number of carbonyl (C=O) groups is 1. The molecular weight excluding hydrogens is 422 g/mol. The lowest BCUT2D eigenvalue weighted by Gasteiger charge is -2.31. The van der Waals surface area contributed by atoms with Gasteiger partial charge in [0.1, 0.15) is 12.7 Å². The molecule has 0 aliphatic carbocycles. The van der Waals surface area contributed by atoms with Gasteiger partial charge in [-0.15, -0.1) is 0 Å². The summed E-state index contributed by atoms with van der Waals surface area (Å²) >= 11 is 0. The van der Waals surface area contributed by atoms with Gasteiger partial charge in [0.15, 0.2) is 11.9 Å². The molecule has 0 unspecified atom stereocenters. The zero-order valence-corrected chi connectivity index (χ0v) is 18.5. The average Bonchev–Trinajstić information content (AvgIpc) is 2.80. The number of carbonyl (C=O) groups excluding carboxylic acids is 1. The minimum Gasteiger partial charge on any atom is -0.459 e. The van der Waals surface area contributed by atoms with Crippen molar-refractivity contribution in [3.8, 4) is 0 Å². The second-order valence-corrected chi connectivity index (χ2v) is 7.68. The summed E-state index contributed by atoms with van der Waals surface area (Å²) in [6.45, 7) is 2.26. The number of halogens is 2. The van der Waals surface area contributed by atoms with Crippen molar-refractivity contribution in [2.45, 2.75) is 50.8 Å². The van der Waals surface area contributed by atoms with Gasteiger partial charge in [0, 0.05) is 13.5 Å². The van der Waals surface area contributed by atoms with Gasteiger partial charge in [-0.1, -0.05) is 48.5 Å². The van der Waals surface area contributed by atoms with E-state index in [-0.39, 0.29) is 25.2 Å². The monoisotopic (exact) mass is 452 g/mol. The first kappa shape index (κ1) is 25.9. The number of aliphatic hydroxyl groups is 1. The Morgan fingerprint density at radius 1 is 1.03 bits per heavy atom. The maximum atomic E-state index is 15.1. The molecule has 0 aliphatic rings. The van der Waals surface area contributed by atoms with Crippen molar-refractivity contribution in [3.63, 3.8) is 0 Å². The third kappa shape index (κ3) is 7.94. The number of aliphatic hydroxyl groups excluding tert-OH is 1. The number of esters is 1. The van der Waals surface area contributed by atoms with E-state index >= 15 is 8.78 Å². The Bertz CT molecular complexity index is 814. The summed E-state index contributed by atoms with van der Waals surface area (Å²) < 4.78 is 51.2. The van der Waals surface area contributed by atoms with Crippen molar-refractivity contribution in [1.29, 1.82) is 0 Å². The zero-order valence-electron chi connectivity index (χ0n) is 18.5. The number of benzene rings is 2. The van der Waals surface area contributed by atoms with Crippen molar-refractivity contribution in [2.75, 3.05) is 20.3 Å². The summed E-state index contributed by atoms with van der Waals surface area (Å²) in [6.07, 6.45) is -4.15. The summed E-state index contributed by atoms with van der Waals surface area (Å²) in [5.41, 5.74) is 0.909. The molecule has 2 rings (SSSR count). The first-order valence-corrected chi connectivity index (χ1v) is 10.3. The molecule has 0 aliphatic heterocycles. The fourth-order valence-electron chi connectivity index (χ4n) is 2.77. The van der Waals surface area contributed by atoms with Gasteiger partial charge >= 0.3 is 11.9 Å². The van der Waals surface area contributed by atoms with E-state index in [0.717, 1.165) is 0 Å². The molecule has 0 fully saturated rings. The molecule has 2 aromatic carbocycles. The average molecular weight is 452 g/mol. The smallest absolute Gasteiger partial charge is 0.338 e. The second-order valence-electron chi connectivity index (χ2n) is 7.68. The van der Waals surface area contributed by atoms with E-state index in [0.29, 0.717) is 5.56 Å². The number of rotatable bonds is 13. The van der Waals surface area contributed by atoms with E-state index in [1.165, 1.54) is 19.2 Å². The highest BCUT2D eigenvalue weighted by molar-refractivity contribution is 5.89. The van der Waals surface area contributed by atoms with Crippen LogP contribution in [-0.2, 0) is 25.6 Å². The maximum Gasteiger partial charge on any atom is 0.338 e. The van der Waals surface area contributed by atoms with E-state index in [1.54, 1.807) is 62.4 Å². The van der Waals surface area contributed by atoms with Crippen LogP contribution in [0.2, 0.25) is 0 Å². The van der Waals surface area contributed by atoms with Crippen molar-refractivity contribution >= 4 is 5.97 Å². The highest BCUT2D eigenvalue weighted by atomic mass is 19.3. The first-order chi connectivity index (χ1) is 15.2. The topological polar surface area (TPSA) is 74.2 Å². The zero-order chi connectivity index (χ0) is 23.6. The third-order valence-electron chi connectivity index (χ3n) is 4.87. The molecule has 0 spiro atoms. The SMILES string of the molecule is COC(C)(C)OCC[C@H](OCc1ccccc1)C(F)(F)[C@H](O)COC(=O)c1ccccc1. The van der Waals surface area contributed by atoms with Crippen LogP contribution in [0.5, 0.6) is 0 Å². The highest BCUT2D eigenvalue weighted by Gasteiger charge is 2.48. The highest BCUT2D eigenvalue weighted by Crippen LogP contribution is 2.30. The maximum absolute atomic E-state index is 15.1. The number of hydrogen-bond donors (Lipinski definition) is 1. The van der Waals surface area contributed by atoms with Crippen LogP contribution >= 0.6 is 0 Å². The quantitative estimate of drug-likeness (QED) is 0.363. The Labute approximate surface area is 187 Å². The Morgan fingerprint density at radius 3 is 2.22 bits per heavy atom. The summed E-state index contributed by atoms with van der Waals surface area (Å²) in [5, 5.41) is 10.2. The fourth-order valence-corrected chi connectivity index (χ4v) is 2.77. The van der Waals surface area contributed by atoms with Crippen LogP contribution in [-0.4, -0.2) is 55.3 Å². The van der Waals surface area contributed by atoms with Gasteiger partial charge in [0.05, 0.1) is 18.8 Å². The second kappa shape index (κ2) is 12.0. The number of alkyl halides is 2. The molecular formula is C24H30F2O6. The summed E-state index contributed by atoms with van der Waals surface area (Å²) in [6, 6.07) is 16.8. The molecule has 0 amide bonds. The molecule has 6 nitrogen and oxygen atoms in total. The molecule has 1 N–H and O–H groups in total. The van der Waals surface area contributed by atoms with E-state index in [2.05, 4.69) is 0 Å². The van der Waals surface area contributed by atoms with Gasteiger partial charge in [0.25, 0.3) is 0 Å². The first-order valence-electron chi connectivity index (χ1n) is 10.3.